The molecule has 0 saturated carbocycles. The van der Waals surface area contributed by atoms with Gasteiger partial charge in [0.15, 0.2) is 6.23 Å². The number of hydrogen-bond acceptors (Lipinski definition) is 9. The Kier molecular flexibility index (Phi) is 7.43. The lowest BCUT2D eigenvalue weighted by molar-refractivity contribution is -0.147. The molecule has 0 unspecified atom stereocenters. The highest BCUT2D eigenvalue weighted by atomic mass is 31.2. The second-order valence-electron chi connectivity index (χ2n) is 8.07. The molecule has 1 N–H and O–H groups in total. The smallest absolute Gasteiger partial charge is 0.463 e. The monoisotopic (exact) mass is 470 g/mol. The largest absolute Gasteiger partial charge is 0.475 e. The molecule has 1 aromatic heterocycles. The summed E-state index contributed by atoms with van der Waals surface area (Å²) in [5, 5.41) is 0. The average molecular weight is 470 g/mol. The quantitative estimate of drug-likeness (QED) is 0.261. The van der Waals surface area contributed by atoms with Gasteiger partial charge in [0.1, 0.15) is 17.6 Å². The summed E-state index contributed by atoms with van der Waals surface area (Å²) >= 11 is 0. The Balaban J connectivity index is 1.63. The van der Waals surface area contributed by atoms with Crippen LogP contribution in [-0.2, 0) is 32.4 Å². The second-order valence-corrected chi connectivity index (χ2v) is 9.69. The van der Waals surface area contributed by atoms with Gasteiger partial charge in [0.05, 0.1) is 19.3 Å². The van der Waals surface area contributed by atoms with Crippen LogP contribution in [0.25, 0.3) is 0 Å². The van der Waals surface area contributed by atoms with E-state index in [2.05, 4.69) is 10.9 Å². The van der Waals surface area contributed by atoms with Crippen LogP contribution < -0.4 is 11.2 Å². The zero-order chi connectivity index (χ0) is 23.5. The summed E-state index contributed by atoms with van der Waals surface area (Å²) in [5.74, 6) is 2.28. The van der Waals surface area contributed by atoms with E-state index in [4.69, 9.17) is 29.5 Å². The number of nitrogens with zero attached hydrogens (tertiary/aromatic N) is 1. The lowest BCUT2D eigenvalue weighted by atomic mass is 9.83. The molecule has 0 aliphatic carbocycles. The summed E-state index contributed by atoms with van der Waals surface area (Å²) in [6, 6.07) is 1.17. The summed E-state index contributed by atoms with van der Waals surface area (Å²) in [5.41, 5.74) is -2.45. The molecule has 1 aromatic rings. The standard InChI is InChI=1S/C20H27N2O9P/c1-5-20(4)17-14(30-18(20)22-10-9-15(23)21-19(22)25)12-28-32(26,31-17)27-11-7-6-8-16(24)29-13(2)3/h1,9-10,13-14,17-18H,6-8,11-12H2,2-4H3,(H,21,23,25)/t14-,17-,18-,20-,32-/m1/s1. The number of phosphoric ester groups is 1. The number of terminal acetylenes is 1. The van der Waals surface area contributed by atoms with Crippen LogP contribution in [0.2, 0.25) is 0 Å². The van der Waals surface area contributed by atoms with Crippen molar-refractivity contribution in [1.29, 1.82) is 0 Å². The van der Waals surface area contributed by atoms with Gasteiger partial charge in [0.2, 0.25) is 0 Å². The zero-order valence-corrected chi connectivity index (χ0v) is 19.0. The Hall–Kier alpha value is -2.22. The van der Waals surface area contributed by atoms with Crippen LogP contribution in [0.1, 0.15) is 46.3 Å². The van der Waals surface area contributed by atoms with E-state index in [0.717, 1.165) is 4.57 Å². The number of carbonyl (C=O) groups excluding carboxylic acids is 1. The molecular formula is C20H27N2O9P. The van der Waals surface area contributed by atoms with E-state index in [-0.39, 0.29) is 31.7 Å². The predicted octanol–water partition coefficient (Wildman–Crippen LogP) is 1.74. The van der Waals surface area contributed by atoms with E-state index in [1.165, 1.54) is 12.3 Å². The third-order valence-electron chi connectivity index (χ3n) is 5.19. The maximum Gasteiger partial charge on any atom is 0.475 e. The van der Waals surface area contributed by atoms with E-state index in [9.17, 15) is 18.9 Å². The molecule has 176 valence electrons. The Morgan fingerprint density at radius 3 is 2.84 bits per heavy atom. The topological polar surface area (TPSA) is 135 Å². The van der Waals surface area contributed by atoms with Crippen molar-refractivity contribution in [3.8, 4) is 12.3 Å². The molecule has 0 bridgehead atoms. The van der Waals surface area contributed by atoms with Gasteiger partial charge < -0.3 is 9.47 Å². The van der Waals surface area contributed by atoms with Gasteiger partial charge in [-0.3, -0.25) is 32.7 Å². The third-order valence-corrected chi connectivity index (χ3v) is 6.64. The molecule has 0 aromatic carbocycles. The SMILES string of the molecule is C#C[C@]1(C)[C@@H]2O[P@](=O)(OCCCCC(=O)OC(C)C)OC[C@H]2O[C@H]1n1ccc(=O)[nH]c1=O. The highest BCUT2D eigenvalue weighted by molar-refractivity contribution is 7.48. The van der Waals surface area contributed by atoms with Crippen LogP contribution in [0.3, 0.4) is 0 Å². The Labute approximate surface area is 185 Å². The van der Waals surface area contributed by atoms with E-state index in [1.807, 2.05) is 0 Å². The fourth-order valence-electron chi connectivity index (χ4n) is 3.60. The molecule has 5 atom stereocenters. The maximum absolute atomic E-state index is 13.0. The highest BCUT2D eigenvalue weighted by Crippen LogP contribution is 2.60. The van der Waals surface area contributed by atoms with Gasteiger partial charge in [-0.2, -0.15) is 0 Å². The summed E-state index contributed by atoms with van der Waals surface area (Å²) in [7, 11) is -3.94. The molecule has 0 amide bonds. The number of esters is 1. The molecule has 32 heavy (non-hydrogen) atoms. The minimum absolute atomic E-state index is 0.0417. The second kappa shape index (κ2) is 9.73. The minimum atomic E-state index is -3.94. The number of carbonyl (C=O) groups is 1. The van der Waals surface area contributed by atoms with Gasteiger partial charge in [-0.1, -0.05) is 5.92 Å². The first kappa shape index (κ1) is 24.4. The van der Waals surface area contributed by atoms with Crippen molar-refractivity contribution >= 4 is 13.8 Å². The lowest BCUT2D eigenvalue weighted by Crippen LogP contribution is -2.43. The number of phosphoric acid groups is 1. The van der Waals surface area contributed by atoms with Crippen molar-refractivity contribution < 1.29 is 32.4 Å². The summed E-state index contributed by atoms with van der Waals surface area (Å²) < 4.78 is 41.4. The molecule has 3 rings (SSSR count). The molecule has 2 aliphatic rings. The molecule has 0 spiro atoms. The molecule has 2 saturated heterocycles. The van der Waals surface area contributed by atoms with E-state index >= 15 is 0 Å². The van der Waals surface area contributed by atoms with E-state index in [1.54, 1.807) is 20.8 Å². The van der Waals surface area contributed by atoms with Crippen molar-refractivity contribution in [2.45, 2.75) is 64.6 Å². The minimum Gasteiger partial charge on any atom is -0.463 e. The number of fused-ring (bicyclic) bond motifs is 1. The number of rotatable bonds is 8. The molecule has 2 aliphatic heterocycles. The molecule has 0 radical (unpaired) electrons. The molecule has 11 nitrogen and oxygen atoms in total. The summed E-state index contributed by atoms with van der Waals surface area (Å²) in [6.45, 7) is 5.10. The third kappa shape index (κ3) is 5.22. The van der Waals surface area contributed by atoms with Crippen molar-refractivity contribution in [3.05, 3.63) is 33.1 Å². The number of nitrogens with one attached hydrogen (secondary N) is 1. The number of hydrogen-bond donors (Lipinski definition) is 1. The molecular weight excluding hydrogens is 443 g/mol. The maximum atomic E-state index is 13.0. The zero-order valence-electron chi connectivity index (χ0n) is 18.1. The molecule has 3 heterocycles. The van der Waals surface area contributed by atoms with Crippen molar-refractivity contribution in [2.24, 2.45) is 5.41 Å². The first-order valence-corrected chi connectivity index (χ1v) is 11.8. The van der Waals surface area contributed by atoms with Crippen LogP contribution in [0.4, 0.5) is 0 Å². The van der Waals surface area contributed by atoms with Crippen LogP contribution >= 0.6 is 7.82 Å². The van der Waals surface area contributed by atoms with Crippen molar-refractivity contribution in [3.63, 3.8) is 0 Å². The van der Waals surface area contributed by atoms with Crippen LogP contribution in [-0.4, -0.2) is 47.0 Å². The van der Waals surface area contributed by atoms with E-state index in [0.29, 0.717) is 12.8 Å². The van der Waals surface area contributed by atoms with Crippen LogP contribution in [0, 0.1) is 17.8 Å². The predicted molar refractivity (Wildman–Crippen MR) is 112 cm³/mol. The Morgan fingerprint density at radius 2 is 2.19 bits per heavy atom. The van der Waals surface area contributed by atoms with Gasteiger partial charge in [0, 0.05) is 18.7 Å². The van der Waals surface area contributed by atoms with E-state index < -0.39 is 42.9 Å². The number of ether oxygens (including phenoxy) is 2. The fourth-order valence-corrected chi connectivity index (χ4v) is 5.11. The van der Waals surface area contributed by atoms with Crippen LogP contribution in [0.5, 0.6) is 0 Å². The Bertz CT molecular complexity index is 1040. The highest BCUT2D eigenvalue weighted by Gasteiger charge is 2.60. The van der Waals surface area contributed by atoms with Gasteiger partial charge in [-0.05, 0) is 33.6 Å². The first-order valence-electron chi connectivity index (χ1n) is 10.3. The number of H-pyrrole nitrogens is 1. The van der Waals surface area contributed by atoms with Gasteiger partial charge in [-0.25, -0.2) is 9.36 Å². The summed E-state index contributed by atoms with van der Waals surface area (Å²) in [4.78, 5) is 37.3. The van der Waals surface area contributed by atoms with Gasteiger partial charge in [0.25, 0.3) is 5.56 Å². The average Bonchev–Trinajstić information content (AvgIpc) is 2.99. The van der Waals surface area contributed by atoms with Crippen molar-refractivity contribution in [1.82, 2.24) is 9.55 Å². The number of aromatic amines is 1. The number of unbranched alkanes of at least 4 members (excludes halogenated alkanes) is 1. The van der Waals surface area contributed by atoms with Gasteiger partial charge >= 0.3 is 19.5 Å². The number of aromatic nitrogens is 2. The normalized spacial score (nSPS) is 31.8. The van der Waals surface area contributed by atoms with Gasteiger partial charge in [-0.15, -0.1) is 6.42 Å². The lowest BCUT2D eigenvalue weighted by Gasteiger charge is -2.35. The molecule has 2 fully saturated rings. The molecule has 12 heteroatoms. The summed E-state index contributed by atoms with van der Waals surface area (Å²) in [6.07, 6.45) is 5.45. The fraction of sp³-hybridized carbons (Fsp3) is 0.650. The first-order chi connectivity index (χ1) is 15.1. The van der Waals surface area contributed by atoms with Crippen LogP contribution in [0.15, 0.2) is 21.9 Å². The van der Waals surface area contributed by atoms with Crippen molar-refractivity contribution in [2.75, 3.05) is 13.2 Å². The Morgan fingerprint density at radius 1 is 1.44 bits per heavy atom.